The van der Waals surface area contributed by atoms with Crippen molar-refractivity contribution in [1.29, 1.82) is 0 Å². The highest BCUT2D eigenvalue weighted by molar-refractivity contribution is 6.00. The van der Waals surface area contributed by atoms with Gasteiger partial charge in [0.1, 0.15) is 6.04 Å². The summed E-state index contributed by atoms with van der Waals surface area (Å²) in [5, 5.41) is 6.00. The van der Waals surface area contributed by atoms with E-state index < -0.39 is 11.9 Å². The molecular weight excluding hydrogens is 725 g/mol. The van der Waals surface area contributed by atoms with Crippen molar-refractivity contribution in [3.63, 3.8) is 0 Å². The Bertz CT molecular complexity index is 2180. The summed E-state index contributed by atoms with van der Waals surface area (Å²) in [5.74, 6) is -0.917. The first kappa shape index (κ1) is 40.1. The van der Waals surface area contributed by atoms with Gasteiger partial charge in [-0.2, -0.15) is 0 Å². The summed E-state index contributed by atoms with van der Waals surface area (Å²) in [6.45, 7) is 4.18. The first-order valence-corrected chi connectivity index (χ1v) is 20.3. The first-order chi connectivity index (χ1) is 27.6. The van der Waals surface area contributed by atoms with Crippen LogP contribution in [0.2, 0.25) is 0 Å². The maximum atomic E-state index is 13.2. The molecule has 4 atom stereocenters. The molecule has 3 aromatic carbocycles. The second-order valence-electron chi connectivity index (χ2n) is 15.7. The molecule has 4 heterocycles. The minimum absolute atomic E-state index is 0.0185. The average molecular weight is 779 g/mol. The Morgan fingerprint density at radius 2 is 1.72 bits per heavy atom. The number of hydrogen-bond acceptors (Lipinski definition) is 8. The van der Waals surface area contributed by atoms with Crippen LogP contribution in [0.5, 0.6) is 0 Å². The normalized spacial score (nSPS) is 19.1. The Morgan fingerprint density at radius 3 is 2.51 bits per heavy atom. The van der Waals surface area contributed by atoms with Crippen molar-refractivity contribution < 1.29 is 28.7 Å². The van der Waals surface area contributed by atoms with E-state index in [-0.39, 0.29) is 54.4 Å². The Kier molecular flexibility index (Phi) is 12.7. The zero-order chi connectivity index (χ0) is 40.1. The molecule has 1 unspecified atom stereocenters. The number of aromatic nitrogens is 2. The van der Waals surface area contributed by atoms with Crippen LogP contribution >= 0.6 is 0 Å². The number of ether oxygens (including phenoxy) is 2. The lowest BCUT2D eigenvalue weighted by Crippen LogP contribution is -2.49. The number of primary amides is 1. The van der Waals surface area contributed by atoms with Crippen molar-refractivity contribution >= 4 is 40.3 Å². The minimum Gasteiger partial charge on any atom is -0.381 e. The number of benzene rings is 3. The van der Waals surface area contributed by atoms with Gasteiger partial charge in [0, 0.05) is 45.5 Å². The number of nitrogens with two attached hydrogens (primary N) is 1. The van der Waals surface area contributed by atoms with Gasteiger partial charge in [-0.05, 0) is 92.2 Å². The molecule has 1 fully saturated rings. The number of rotatable bonds is 18. The van der Waals surface area contributed by atoms with Crippen molar-refractivity contribution in [3.8, 4) is 0 Å². The van der Waals surface area contributed by atoms with Crippen LogP contribution in [0, 0.1) is 0 Å². The number of anilines is 1. The molecule has 13 nitrogen and oxygen atoms in total. The maximum absolute atomic E-state index is 13.2. The molecule has 7 rings (SSSR count). The van der Waals surface area contributed by atoms with E-state index in [1.807, 2.05) is 30.0 Å². The van der Waals surface area contributed by atoms with E-state index in [1.165, 1.54) is 15.7 Å². The number of aryl methyl sites for hydroxylation is 3. The molecule has 0 bridgehead atoms. The number of fused-ring (bicyclic) bond motifs is 1. The summed E-state index contributed by atoms with van der Waals surface area (Å²) in [7, 11) is 1.72. The predicted molar refractivity (Wildman–Crippen MR) is 217 cm³/mol. The van der Waals surface area contributed by atoms with Crippen molar-refractivity contribution in [2.24, 2.45) is 12.8 Å². The lowest BCUT2D eigenvalue weighted by Gasteiger charge is -2.30. The standard InChI is InChI=1S/C44H54N6O7/c1-28(35(18-20-38(45)51)46-26-34-25-33-10-3-7-31-9-5-13-40(53)49(34)41(31)33)57-27-30-16-14-29(15-17-30)22-24-56-23-6-11-32-8-4-12-36-42(32)48(2)44(55)50(36)37-19-21-39(52)47-43(37)54/h3-4,7-8,10,12,14-17,28,34-35,37,46H,5-6,9,11,13,18-27H2,1-2H3,(H2,45,51)(H,47,52,54)/t28-,34+,35+,37?/m1/s1. The highest BCUT2D eigenvalue weighted by Crippen LogP contribution is 2.38. The average Bonchev–Trinajstić information content (AvgIpc) is 3.63. The van der Waals surface area contributed by atoms with Gasteiger partial charge in [0.2, 0.25) is 23.6 Å². The number of piperidine rings is 1. The highest BCUT2D eigenvalue weighted by atomic mass is 16.5. The largest absolute Gasteiger partial charge is 0.381 e. The number of carbonyl (C=O) groups excluding carboxylic acids is 4. The third-order valence-corrected chi connectivity index (χ3v) is 11.8. The Hall–Kier alpha value is -5.11. The van der Waals surface area contributed by atoms with Crippen LogP contribution in [0.4, 0.5) is 5.69 Å². The van der Waals surface area contributed by atoms with Gasteiger partial charge in [-0.3, -0.25) is 33.6 Å². The van der Waals surface area contributed by atoms with Gasteiger partial charge in [-0.25, -0.2) is 4.79 Å². The Balaban J connectivity index is 0.860. The van der Waals surface area contributed by atoms with Crippen LogP contribution in [0.25, 0.3) is 11.0 Å². The molecule has 3 aliphatic heterocycles. The number of hydrogen-bond donors (Lipinski definition) is 3. The van der Waals surface area contributed by atoms with E-state index in [1.54, 1.807) is 11.6 Å². The molecule has 302 valence electrons. The number of nitrogens with zero attached hydrogens (tertiary/aromatic N) is 3. The minimum atomic E-state index is -0.707. The monoisotopic (exact) mass is 778 g/mol. The number of amides is 4. The smallest absolute Gasteiger partial charge is 0.329 e. The summed E-state index contributed by atoms with van der Waals surface area (Å²) in [6.07, 6.45) is 6.50. The van der Waals surface area contributed by atoms with E-state index >= 15 is 0 Å². The van der Waals surface area contributed by atoms with Gasteiger partial charge in [-0.1, -0.05) is 54.6 Å². The summed E-state index contributed by atoms with van der Waals surface area (Å²) in [4.78, 5) is 64.4. The summed E-state index contributed by atoms with van der Waals surface area (Å²) < 4.78 is 15.4. The molecule has 4 N–H and O–H groups in total. The number of carbonyl (C=O) groups is 4. The van der Waals surface area contributed by atoms with E-state index in [2.05, 4.69) is 53.1 Å². The SMILES string of the molecule is C[C@@H](OCc1ccc(CCOCCCc2cccc3c2n(C)c(=O)n3C2CCC(=O)NC2=O)cc1)[C@H](CCC(N)=O)NC[C@@H]1Cc2cccc3c2N1C(=O)CCC3. The fourth-order valence-electron chi connectivity index (χ4n) is 8.73. The number of para-hydroxylation sites is 2. The molecule has 1 saturated heterocycles. The summed E-state index contributed by atoms with van der Waals surface area (Å²) in [6, 6.07) is 19.6. The van der Waals surface area contributed by atoms with E-state index in [0.29, 0.717) is 57.6 Å². The quantitative estimate of drug-likeness (QED) is 0.101. The third-order valence-electron chi connectivity index (χ3n) is 11.8. The van der Waals surface area contributed by atoms with E-state index in [4.69, 9.17) is 15.2 Å². The lowest BCUT2D eigenvalue weighted by molar-refractivity contribution is -0.135. The molecule has 1 aromatic heterocycles. The molecule has 13 heteroatoms. The van der Waals surface area contributed by atoms with E-state index in [9.17, 15) is 24.0 Å². The second-order valence-corrected chi connectivity index (χ2v) is 15.7. The molecular formula is C44H54N6O7. The number of nitrogens with one attached hydrogen (secondary N) is 2. The van der Waals surface area contributed by atoms with Crippen molar-refractivity contribution in [2.45, 2.75) is 108 Å². The van der Waals surface area contributed by atoms with Crippen LogP contribution in [0.15, 0.2) is 65.5 Å². The Morgan fingerprint density at radius 1 is 0.947 bits per heavy atom. The molecule has 57 heavy (non-hydrogen) atoms. The molecule has 0 aliphatic carbocycles. The molecule has 0 spiro atoms. The third kappa shape index (κ3) is 9.06. The summed E-state index contributed by atoms with van der Waals surface area (Å²) in [5.41, 5.74) is 13.6. The zero-order valence-corrected chi connectivity index (χ0v) is 33.0. The molecule has 3 aliphatic rings. The fourth-order valence-corrected chi connectivity index (χ4v) is 8.73. The molecule has 0 saturated carbocycles. The van der Waals surface area contributed by atoms with Gasteiger partial charge < -0.3 is 25.4 Å². The van der Waals surface area contributed by atoms with Crippen molar-refractivity contribution in [1.82, 2.24) is 19.8 Å². The van der Waals surface area contributed by atoms with Crippen LogP contribution in [-0.4, -0.2) is 70.7 Å². The van der Waals surface area contributed by atoms with Crippen LogP contribution in [0.3, 0.4) is 0 Å². The molecule has 4 aromatic rings. The maximum Gasteiger partial charge on any atom is 0.329 e. The van der Waals surface area contributed by atoms with Crippen LogP contribution in [0.1, 0.15) is 85.7 Å². The fraction of sp³-hybridized carbons (Fsp3) is 0.477. The molecule has 0 radical (unpaired) electrons. The number of imidazole rings is 1. The van der Waals surface area contributed by atoms with Crippen LogP contribution in [-0.2, 0) is 68.0 Å². The van der Waals surface area contributed by atoms with Crippen molar-refractivity contribution in [3.05, 3.63) is 99.0 Å². The van der Waals surface area contributed by atoms with Gasteiger partial charge in [0.05, 0.1) is 42.1 Å². The second kappa shape index (κ2) is 18.0. The van der Waals surface area contributed by atoms with Crippen molar-refractivity contribution in [2.75, 3.05) is 24.7 Å². The number of imide groups is 1. The lowest BCUT2D eigenvalue weighted by atomic mass is 10.0. The zero-order valence-electron chi connectivity index (χ0n) is 33.0. The first-order valence-electron chi connectivity index (χ1n) is 20.3. The van der Waals surface area contributed by atoms with Gasteiger partial charge >= 0.3 is 5.69 Å². The Labute approximate surface area is 332 Å². The molecule has 4 amide bonds. The summed E-state index contributed by atoms with van der Waals surface area (Å²) >= 11 is 0. The van der Waals surface area contributed by atoms with Crippen LogP contribution < -0.4 is 27.0 Å². The topological polar surface area (TPSA) is 167 Å². The predicted octanol–water partition coefficient (Wildman–Crippen LogP) is 3.93. The highest BCUT2D eigenvalue weighted by Gasteiger charge is 2.37. The van der Waals surface area contributed by atoms with E-state index in [0.717, 1.165) is 60.0 Å². The van der Waals surface area contributed by atoms with Gasteiger partial charge in [0.25, 0.3) is 0 Å². The van der Waals surface area contributed by atoms with Gasteiger partial charge in [-0.15, -0.1) is 0 Å². The van der Waals surface area contributed by atoms with Gasteiger partial charge in [0.15, 0.2) is 0 Å².